The Labute approximate surface area is 106 Å². The maximum Gasteiger partial charge on any atom is 0.324 e. The molecule has 1 aliphatic heterocycles. The summed E-state index contributed by atoms with van der Waals surface area (Å²) in [6.07, 6.45) is 0.512. The molecule has 1 unspecified atom stereocenters. The summed E-state index contributed by atoms with van der Waals surface area (Å²) in [5.41, 5.74) is 0.988. The van der Waals surface area contributed by atoms with Crippen LogP contribution in [0.5, 0.6) is 0 Å². The van der Waals surface area contributed by atoms with Gasteiger partial charge in [-0.2, -0.15) is 4.31 Å². The van der Waals surface area contributed by atoms with Gasteiger partial charge in [-0.05, 0) is 25.5 Å². The molecule has 0 amide bonds. The van der Waals surface area contributed by atoms with Crippen molar-refractivity contribution in [3.63, 3.8) is 0 Å². The average Bonchev–Trinajstić information content (AvgIpc) is 2.27. The van der Waals surface area contributed by atoms with Crippen molar-refractivity contribution in [1.29, 1.82) is 0 Å². The molecule has 0 N–H and O–H groups in total. The topological polar surface area (TPSA) is 63.7 Å². The molecule has 98 valence electrons. The molecule has 6 heteroatoms. The van der Waals surface area contributed by atoms with Gasteiger partial charge in [-0.15, -0.1) is 0 Å². The lowest BCUT2D eigenvalue weighted by Crippen LogP contribution is -2.55. The van der Waals surface area contributed by atoms with Gasteiger partial charge in [-0.3, -0.25) is 4.79 Å². The molecule has 0 radical (unpaired) electrons. The normalized spacial score (nSPS) is 20.2. The molecule has 0 saturated carbocycles. The van der Waals surface area contributed by atoms with E-state index in [1.54, 1.807) is 24.3 Å². The van der Waals surface area contributed by atoms with Crippen LogP contribution in [0, 0.1) is 6.92 Å². The molecule has 0 spiro atoms. The summed E-state index contributed by atoms with van der Waals surface area (Å²) in [6.45, 7) is 2.24. The molecule has 1 atom stereocenters. The van der Waals surface area contributed by atoms with Gasteiger partial charge >= 0.3 is 5.97 Å². The minimum absolute atomic E-state index is 0.210. The second-order valence-electron chi connectivity index (χ2n) is 4.26. The van der Waals surface area contributed by atoms with Gasteiger partial charge < -0.3 is 4.74 Å². The zero-order valence-electron chi connectivity index (χ0n) is 10.3. The summed E-state index contributed by atoms with van der Waals surface area (Å²) >= 11 is 0. The van der Waals surface area contributed by atoms with Gasteiger partial charge in [0.15, 0.2) is 0 Å². The van der Waals surface area contributed by atoms with Crippen LogP contribution in [-0.2, 0) is 19.6 Å². The van der Waals surface area contributed by atoms with Crippen LogP contribution in [0.15, 0.2) is 29.2 Å². The van der Waals surface area contributed by atoms with E-state index < -0.39 is 22.0 Å². The Morgan fingerprint density at radius 3 is 2.39 bits per heavy atom. The lowest BCUT2D eigenvalue weighted by atomic mass is 10.1. The summed E-state index contributed by atoms with van der Waals surface area (Å²) in [4.78, 5) is 11.6. The van der Waals surface area contributed by atoms with Crippen LogP contribution < -0.4 is 0 Å². The highest BCUT2D eigenvalue weighted by Crippen LogP contribution is 2.27. The molecule has 1 aliphatic rings. The Morgan fingerprint density at radius 2 is 1.94 bits per heavy atom. The van der Waals surface area contributed by atoms with E-state index in [9.17, 15) is 13.2 Å². The van der Waals surface area contributed by atoms with Crippen molar-refractivity contribution in [3.8, 4) is 0 Å². The third-order valence-electron chi connectivity index (χ3n) is 3.07. The highest BCUT2D eigenvalue weighted by Gasteiger charge is 2.43. The van der Waals surface area contributed by atoms with Crippen LogP contribution in [-0.4, -0.2) is 38.4 Å². The number of rotatable bonds is 3. The Balaban J connectivity index is 2.27. The predicted molar refractivity (Wildman–Crippen MR) is 65.5 cm³/mol. The second kappa shape index (κ2) is 4.70. The maximum absolute atomic E-state index is 12.3. The molecule has 1 heterocycles. The number of ether oxygens (including phenoxy) is 1. The molecular weight excluding hydrogens is 254 g/mol. The van der Waals surface area contributed by atoms with E-state index in [1.165, 1.54) is 11.4 Å². The second-order valence-corrected chi connectivity index (χ2v) is 6.15. The molecule has 2 rings (SSSR count). The summed E-state index contributed by atoms with van der Waals surface area (Å²) < 4.78 is 30.3. The zero-order chi connectivity index (χ0) is 13.3. The third kappa shape index (κ3) is 2.13. The molecule has 1 aromatic carbocycles. The van der Waals surface area contributed by atoms with E-state index in [-0.39, 0.29) is 4.90 Å². The maximum atomic E-state index is 12.3. The smallest absolute Gasteiger partial charge is 0.324 e. The monoisotopic (exact) mass is 269 g/mol. The van der Waals surface area contributed by atoms with E-state index in [2.05, 4.69) is 4.74 Å². The molecule has 1 saturated heterocycles. The highest BCUT2D eigenvalue weighted by molar-refractivity contribution is 7.89. The van der Waals surface area contributed by atoms with Gasteiger partial charge in [0.1, 0.15) is 6.04 Å². The molecule has 1 fully saturated rings. The highest BCUT2D eigenvalue weighted by atomic mass is 32.2. The van der Waals surface area contributed by atoms with Crippen molar-refractivity contribution in [2.45, 2.75) is 24.3 Å². The third-order valence-corrected chi connectivity index (χ3v) is 4.99. The molecule has 18 heavy (non-hydrogen) atoms. The van der Waals surface area contributed by atoms with E-state index in [0.717, 1.165) is 5.56 Å². The number of hydrogen-bond acceptors (Lipinski definition) is 4. The number of aryl methyl sites for hydroxylation is 1. The lowest BCUT2D eigenvalue weighted by Gasteiger charge is -2.37. The molecule has 0 aliphatic carbocycles. The minimum atomic E-state index is -3.59. The Bertz CT molecular complexity index is 550. The van der Waals surface area contributed by atoms with E-state index in [1.807, 2.05) is 6.92 Å². The summed E-state index contributed by atoms with van der Waals surface area (Å²) in [6, 6.07) is 5.90. The Kier molecular flexibility index (Phi) is 3.41. The van der Waals surface area contributed by atoms with E-state index >= 15 is 0 Å². The first kappa shape index (κ1) is 13.0. The quantitative estimate of drug-likeness (QED) is 0.766. The van der Waals surface area contributed by atoms with Gasteiger partial charge in [-0.25, -0.2) is 8.42 Å². The molecule has 5 nitrogen and oxygen atoms in total. The largest absolute Gasteiger partial charge is 0.468 e. The van der Waals surface area contributed by atoms with Crippen molar-refractivity contribution >= 4 is 16.0 Å². The average molecular weight is 269 g/mol. The van der Waals surface area contributed by atoms with Crippen LogP contribution in [0.4, 0.5) is 0 Å². The van der Waals surface area contributed by atoms with Crippen molar-refractivity contribution in [1.82, 2.24) is 4.31 Å². The van der Waals surface area contributed by atoms with Crippen LogP contribution in [0.2, 0.25) is 0 Å². The molecule has 1 aromatic rings. The van der Waals surface area contributed by atoms with Gasteiger partial charge in [0.2, 0.25) is 10.0 Å². The van der Waals surface area contributed by atoms with Gasteiger partial charge in [0, 0.05) is 6.54 Å². The molecular formula is C12H15NO4S. The fourth-order valence-electron chi connectivity index (χ4n) is 1.87. The standard InChI is InChI=1S/C12H15NO4S/c1-9-3-5-10(6-4-9)18(15,16)13-8-7-11(13)12(14)17-2/h3-6,11H,7-8H2,1-2H3. The first-order chi connectivity index (χ1) is 8.46. The minimum Gasteiger partial charge on any atom is -0.468 e. The number of esters is 1. The van der Waals surface area contributed by atoms with Gasteiger partial charge in [-0.1, -0.05) is 17.7 Å². The summed E-state index contributed by atoms with van der Waals surface area (Å²) in [5, 5.41) is 0. The predicted octanol–water partition coefficient (Wildman–Crippen LogP) is 0.931. The fourth-order valence-corrected chi connectivity index (χ4v) is 3.49. The fraction of sp³-hybridized carbons (Fsp3) is 0.417. The van der Waals surface area contributed by atoms with Crippen LogP contribution in [0.3, 0.4) is 0 Å². The van der Waals surface area contributed by atoms with Crippen molar-refractivity contribution in [2.24, 2.45) is 0 Å². The number of hydrogen-bond donors (Lipinski definition) is 0. The van der Waals surface area contributed by atoms with Gasteiger partial charge in [0.05, 0.1) is 12.0 Å². The number of benzene rings is 1. The van der Waals surface area contributed by atoms with Crippen LogP contribution in [0.25, 0.3) is 0 Å². The number of carbonyl (C=O) groups is 1. The van der Waals surface area contributed by atoms with Crippen molar-refractivity contribution < 1.29 is 17.9 Å². The first-order valence-corrected chi connectivity index (χ1v) is 7.07. The van der Waals surface area contributed by atoms with E-state index in [4.69, 9.17) is 0 Å². The van der Waals surface area contributed by atoms with Crippen LogP contribution >= 0.6 is 0 Å². The molecule has 0 aromatic heterocycles. The van der Waals surface area contributed by atoms with Crippen molar-refractivity contribution in [3.05, 3.63) is 29.8 Å². The van der Waals surface area contributed by atoms with Crippen molar-refractivity contribution in [2.75, 3.05) is 13.7 Å². The Morgan fingerprint density at radius 1 is 1.33 bits per heavy atom. The van der Waals surface area contributed by atoms with Gasteiger partial charge in [0.25, 0.3) is 0 Å². The van der Waals surface area contributed by atoms with Crippen LogP contribution in [0.1, 0.15) is 12.0 Å². The first-order valence-electron chi connectivity index (χ1n) is 5.63. The SMILES string of the molecule is COC(=O)C1CCN1S(=O)(=O)c1ccc(C)cc1. The summed E-state index contributed by atoms with van der Waals surface area (Å²) in [5.74, 6) is -0.503. The molecule has 0 bridgehead atoms. The number of carbonyl (C=O) groups excluding carboxylic acids is 1. The zero-order valence-corrected chi connectivity index (χ0v) is 11.1. The number of sulfonamides is 1. The Hall–Kier alpha value is -1.40. The number of nitrogens with zero attached hydrogens (tertiary/aromatic N) is 1. The lowest BCUT2D eigenvalue weighted by molar-refractivity contribution is -0.148. The summed E-state index contributed by atoms with van der Waals surface area (Å²) in [7, 11) is -2.33. The number of methoxy groups -OCH3 is 1. The van der Waals surface area contributed by atoms with E-state index in [0.29, 0.717) is 13.0 Å².